The number of sulfonamides is 1. The molecule has 1 aliphatic carbocycles. The monoisotopic (exact) mass is 599 g/mol. The second kappa shape index (κ2) is 10.3. The maximum atomic E-state index is 14.2. The Bertz CT molecular complexity index is 1640. The third-order valence-electron chi connectivity index (χ3n) is 6.70. The standard InChI is InChI=1S/C27H19F6NO6S/c28-17-8-15(9-18(12-17)39-26(29)30)14-4-7-23-22(10-14)34(13-24(40-23)20-5-6-21(20)25(35)36)41(37,38)19-3-1-2-16(11-19)27(31,32)33/h1-12,20-21,24,26H,13H2,(H,35,36)/t20-,21-,24+/m0/s1. The lowest BCUT2D eigenvalue weighted by Gasteiger charge is -2.41. The van der Waals surface area contributed by atoms with E-state index in [-0.39, 0.29) is 22.6 Å². The molecule has 0 aromatic heterocycles. The van der Waals surface area contributed by atoms with E-state index < -0.39 is 75.3 Å². The first kappa shape index (κ1) is 28.3. The molecule has 0 fully saturated rings. The Morgan fingerprint density at radius 1 is 1.02 bits per heavy atom. The summed E-state index contributed by atoms with van der Waals surface area (Å²) in [4.78, 5) is 10.9. The van der Waals surface area contributed by atoms with Gasteiger partial charge in [-0.25, -0.2) is 12.8 Å². The molecule has 3 aromatic carbocycles. The van der Waals surface area contributed by atoms with Gasteiger partial charge in [0.15, 0.2) is 0 Å². The number of fused-ring (bicyclic) bond motifs is 1. The van der Waals surface area contributed by atoms with Crippen molar-refractivity contribution in [3.8, 4) is 22.6 Å². The molecule has 0 saturated carbocycles. The van der Waals surface area contributed by atoms with Gasteiger partial charge in [0.2, 0.25) is 0 Å². The molecule has 0 bridgehead atoms. The van der Waals surface area contributed by atoms with Crippen LogP contribution >= 0.6 is 0 Å². The number of benzene rings is 3. The van der Waals surface area contributed by atoms with Gasteiger partial charge < -0.3 is 14.6 Å². The van der Waals surface area contributed by atoms with Gasteiger partial charge >= 0.3 is 18.8 Å². The van der Waals surface area contributed by atoms with E-state index in [2.05, 4.69) is 4.74 Å². The van der Waals surface area contributed by atoms with E-state index in [0.29, 0.717) is 12.1 Å². The summed E-state index contributed by atoms with van der Waals surface area (Å²) >= 11 is 0. The van der Waals surface area contributed by atoms with Crippen LogP contribution in [-0.2, 0) is 21.0 Å². The Hall–Kier alpha value is -4.20. The zero-order valence-electron chi connectivity index (χ0n) is 20.6. The third-order valence-corrected chi connectivity index (χ3v) is 8.48. The Labute approximate surface area is 229 Å². The molecule has 216 valence electrons. The van der Waals surface area contributed by atoms with Gasteiger partial charge in [-0.2, -0.15) is 22.0 Å². The van der Waals surface area contributed by atoms with Crippen molar-refractivity contribution in [2.45, 2.75) is 23.8 Å². The summed E-state index contributed by atoms with van der Waals surface area (Å²) in [5.41, 5.74) is -1.14. The lowest BCUT2D eigenvalue weighted by molar-refractivity contribution is -0.143. The predicted octanol–water partition coefficient (Wildman–Crippen LogP) is 5.96. The molecular formula is C27H19F6NO6S. The number of hydrogen-bond donors (Lipinski definition) is 1. The van der Waals surface area contributed by atoms with E-state index in [9.17, 15) is 44.7 Å². The van der Waals surface area contributed by atoms with Gasteiger partial charge in [0, 0.05) is 12.0 Å². The van der Waals surface area contributed by atoms with E-state index in [1.807, 2.05) is 0 Å². The molecule has 1 heterocycles. The summed E-state index contributed by atoms with van der Waals surface area (Å²) < 4.78 is 118. The molecule has 7 nitrogen and oxygen atoms in total. The molecule has 3 atom stereocenters. The number of aliphatic carboxylic acids is 1. The van der Waals surface area contributed by atoms with Crippen LogP contribution in [0.2, 0.25) is 0 Å². The first-order valence-corrected chi connectivity index (χ1v) is 13.4. The number of halogens is 6. The second-order valence-electron chi connectivity index (χ2n) is 9.28. The minimum Gasteiger partial charge on any atom is -0.486 e. The molecule has 0 radical (unpaired) electrons. The van der Waals surface area contributed by atoms with Crippen LogP contribution in [0.5, 0.6) is 11.5 Å². The molecule has 1 aliphatic heterocycles. The zero-order chi connectivity index (χ0) is 29.7. The van der Waals surface area contributed by atoms with Gasteiger partial charge in [0.05, 0.1) is 28.6 Å². The van der Waals surface area contributed by atoms with Crippen molar-refractivity contribution in [3.05, 3.63) is 84.2 Å². The van der Waals surface area contributed by atoms with Crippen LogP contribution in [0.25, 0.3) is 11.1 Å². The second-order valence-corrected chi connectivity index (χ2v) is 11.1. The Kier molecular flexibility index (Phi) is 7.14. The normalized spacial score (nSPS) is 20.3. The minimum atomic E-state index is -4.83. The molecule has 0 unspecified atom stereocenters. The van der Waals surface area contributed by atoms with E-state index in [4.69, 9.17) is 4.74 Å². The average molecular weight is 600 g/mol. The first-order valence-electron chi connectivity index (χ1n) is 11.9. The SMILES string of the molecule is O=C(O)[C@H]1C=C[C@@H]1[C@H]1CN(S(=O)(=O)c2cccc(C(F)(F)F)c2)c2cc(-c3cc(F)cc(OC(F)F)c3)ccc2O1. The molecule has 0 amide bonds. The van der Waals surface area contributed by atoms with Crippen LogP contribution in [-0.4, -0.2) is 38.8 Å². The van der Waals surface area contributed by atoms with E-state index in [0.717, 1.165) is 34.6 Å². The van der Waals surface area contributed by atoms with Gasteiger partial charge in [0.1, 0.15) is 23.4 Å². The number of carboxylic acids is 1. The maximum absolute atomic E-state index is 14.2. The average Bonchev–Trinajstić information content (AvgIpc) is 2.85. The molecule has 2 aliphatic rings. The lowest BCUT2D eigenvalue weighted by Crippen LogP contribution is -2.50. The summed E-state index contributed by atoms with van der Waals surface area (Å²) in [6.07, 6.45) is -2.90. The number of carbonyl (C=O) groups is 1. The van der Waals surface area contributed by atoms with Crippen molar-refractivity contribution < 1.29 is 54.1 Å². The molecule has 5 rings (SSSR count). The summed E-state index contributed by atoms with van der Waals surface area (Å²) in [5, 5.41) is 9.47. The van der Waals surface area contributed by atoms with E-state index >= 15 is 0 Å². The highest BCUT2D eigenvalue weighted by atomic mass is 32.2. The van der Waals surface area contributed by atoms with Crippen LogP contribution in [0.1, 0.15) is 5.56 Å². The van der Waals surface area contributed by atoms with Gasteiger partial charge in [-0.1, -0.05) is 24.3 Å². The molecule has 1 N–H and O–H groups in total. The number of carboxylic acid groups (broad SMARTS) is 1. The molecular weight excluding hydrogens is 580 g/mol. The van der Waals surface area contributed by atoms with Crippen LogP contribution in [0, 0.1) is 17.7 Å². The summed E-state index contributed by atoms with van der Waals surface area (Å²) in [5.74, 6) is -4.32. The number of rotatable bonds is 7. The van der Waals surface area contributed by atoms with Gasteiger partial charge in [0.25, 0.3) is 10.0 Å². The zero-order valence-corrected chi connectivity index (χ0v) is 21.4. The minimum absolute atomic E-state index is 0.0366. The van der Waals surface area contributed by atoms with E-state index in [1.165, 1.54) is 30.4 Å². The predicted molar refractivity (Wildman–Crippen MR) is 133 cm³/mol. The fourth-order valence-electron chi connectivity index (χ4n) is 4.69. The first-order chi connectivity index (χ1) is 19.2. The fraction of sp³-hybridized carbons (Fsp3) is 0.222. The quantitative estimate of drug-likeness (QED) is 0.266. The van der Waals surface area contributed by atoms with Crippen LogP contribution in [0.3, 0.4) is 0 Å². The van der Waals surface area contributed by atoms with Crippen molar-refractivity contribution in [1.29, 1.82) is 0 Å². The highest BCUT2D eigenvalue weighted by Gasteiger charge is 2.44. The van der Waals surface area contributed by atoms with E-state index in [1.54, 1.807) is 0 Å². The van der Waals surface area contributed by atoms with Gasteiger partial charge in [-0.3, -0.25) is 9.10 Å². The van der Waals surface area contributed by atoms with Crippen molar-refractivity contribution >= 4 is 21.7 Å². The largest absolute Gasteiger partial charge is 0.486 e. The molecule has 14 heteroatoms. The van der Waals surface area contributed by atoms with Crippen LogP contribution < -0.4 is 13.8 Å². The summed E-state index contributed by atoms with van der Waals surface area (Å²) in [7, 11) is -4.69. The van der Waals surface area contributed by atoms with Gasteiger partial charge in [-0.15, -0.1) is 0 Å². The smallest absolute Gasteiger partial charge is 0.416 e. The van der Waals surface area contributed by atoms with Crippen LogP contribution in [0.15, 0.2) is 77.7 Å². The third kappa shape index (κ3) is 5.56. The number of anilines is 1. The van der Waals surface area contributed by atoms with Crippen molar-refractivity contribution in [3.63, 3.8) is 0 Å². The van der Waals surface area contributed by atoms with Crippen LogP contribution in [0.4, 0.5) is 32.0 Å². The molecule has 0 saturated heterocycles. The number of ether oxygens (including phenoxy) is 2. The molecule has 41 heavy (non-hydrogen) atoms. The topological polar surface area (TPSA) is 93.1 Å². The fourth-order valence-corrected chi connectivity index (χ4v) is 6.22. The number of nitrogens with zero attached hydrogens (tertiary/aromatic N) is 1. The maximum Gasteiger partial charge on any atom is 0.416 e. The molecule has 0 spiro atoms. The number of hydrogen-bond acceptors (Lipinski definition) is 5. The lowest BCUT2D eigenvalue weighted by atomic mass is 9.78. The Morgan fingerprint density at radius 2 is 1.78 bits per heavy atom. The Morgan fingerprint density at radius 3 is 2.41 bits per heavy atom. The Balaban J connectivity index is 1.61. The summed E-state index contributed by atoms with van der Waals surface area (Å²) in [6.45, 7) is -3.70. The highest BCUT2D eigenvalue weighted by molar-refractivity contribution is 7.92. The van der Waals surface area contributed by atoms with Crippen molar-refractivity contribution in [2.75, 3.05) is 10.8 Å². The van der Waals surface area contributed by atoms with Crippen molar-refractivity contribution in [1.82, 2.24) is 0 Å². The van der Waals surface area contributed by atoms with Crippen molar-refractivity contribution in [2.24, 2.45) is 11.8 Å². The highest BCUT2D eigenvalue weighted by Crippen LogP contribution is 2.44. The molecule has 3 aromatic rings. The van der Waals surface area contributed by atoms with Gasteiger partial charge in [-0.05, 0) is 53.6 Å². The summed E-state index contributed by atoms with van der Waals surface area (Å²) in [6, 6.07) is 9.92. The number of alkyl halides is 5.